The SMILES string of the molecule is BrB(Br)Br.COc1cc(C2CC3CC2C2CCCC32)cc(C2CC3CC2C2CCCC32)c1.ClCCl.Oc1cc(C2CC3CC2C2CCCC32)cc(C2CC3CC2C2CCCC32)c1. The molecule has 8 heteroatoms. The molecule has 14 rings (SSSR count). The highest BCUT2D eigenvalue weighted by molar-refractivity contribution is 9.69. The molecule has 12 aliphatic carbocycles. The zero-order valence-electron chi connectivity index (χ0n) is 37.2. The second-order valence-corrected chi connectivity index (χ2v) is 30.5. The van der Waals surface area contributed by atoms with Gasteiger partial charge in [0.2, 0.25) is 0 Å². The number of halogens is 5. The first-order valence-electron chi connectivity index (χ1n) is 25.8. The molecule has 338 valence electrons. The molecule has 20 atom stereocenters. The number of aromatic hydroxyl groups is 1. The summed E-state index contributed by atoms with van der Waals surface area (Å²) in [6.07, 6.45) is 29.9. The van der Waals surface area contributed by atoms with Crippen LogP contribution in [0.15, 0.2) is 36.4 Å². The van der Waals surface area contributed by atoms with Crippen molar-refractivity contribution in [2.45, 2.75) is 152 Å². The average Bonchev–Trinajstić information content (AvgIpc) is 4.08. The predicted octanol–water partition coefficient (Wildman–Crippen LogP) is 16.8. The molecule has 2 aromatic carbocycles. The number of phenols is 1. The van der Waals surface area contributed by atoms with Crippen LogP contribution in [0.3, 0.4) is 0 Å². The van der Waals surface area contributed by atoms with Crippen molar-refractivity contribution in [3.8, 4) is 11.5 Å². The normalized spacial score (nSPS) is 46.0. The lowest BCUT2D eigenvalue weighted by molar-refractivity contribution is 0.228. The van der Waals surface area contributed by atoms with E-state index in [0.717, 1.165) is 124 Å². The molecule has 20 unspecified atom stereocenters. The lowest BCUT2D eigenvalue weighted by atomic mass is 9.71. The molecule has 0 aromatic heterocycles. The first-order valence-corrected chi connectivity index (χ1v) is 29.6. The smallest absolute Gasteiger partial charge is 0.369 e. The van der Waals surface area contributed by atoms with Crippen LogP contribution in [0.1, 0.15) is 174 Å². The minimum Gasteiger partial charge on any atom is -0.508 e. The number of methoxy groups -OCH3 is 1. The lowest BCUT2D eigenvalue weighted by Crippen LogP contribution is -2.24. The van der Waals surface area contributed by atoms with E-state index >= 15 is 0 Å². The van der Waals surface area contributed by atoms with Gasteiger partial charge in [-0.05, 0) is 268 Å². The van der Waals surface area contributed by atoms with Crippen molar-refractivity contribution >= 4 is 73.7 Å². The van der Waals surface area contributed by atoms with Crippen molar-refractivity contribution in [3.63, 3.8) is 0 Å². The Bertz CT molecular complexity index is 1790. The third kappa shape index (κ3) is 8.00. The van der Waals surface area contributed by atoms with E-state index in [0.29, 0.717) is 5.75 Å². The summed E-state index contributed by atoms with van der Waals surface area (Å²) in [6, 6.07) is 14.4. The van der Waals surface area contributed by atoms with Crippen LogP contribution in [0.5, 0.6) is 11.5 Å². The Morgan fingerprint density at radius 3 is 0.984 bits per heavy atom. The summed E-state index contributed by atoms with van der Waals surface area (Å²) in [5, 5.41) is 10.8. The van der Waals surface area contributed by atoms with E-state index in [-0.39, 0.29) is 8.52 Å². The fraction of sp³-hybridized carbons (Fsp3) is 0.778. The van der Waals surface area contributed by atoms with Crippen molar-refractivity contribution in [2.24, 2.45) is 94.7 Å². The van der Waals surface area contributed by atoms with Gasteiger partial charge in [-0.25, -0.2) is 0 Å². The summed E-state index contributed by atoms with van der Waals surface area (Å²) in [5.41, 5.74) is 6.32. The maximum atomic E-state index is 10.6. The average molecular weight is 1070 g/mol. The highest BCUT2D eigenvalue weighted by Gasteiger charge is 2.58. The molecule has 2 nitrogen and oxygen atoms in total. The number of ether oxygens (including phenoxy) is 1. The highest BCUT2D eigenvalue weighted by Crippen LogP contribution is 2.68. The quantitative estimate of drug-likeness (QED) is 0.239. The Morgan fingerprint density at radius 2 is 0.710 bits per heavy atom. The maximum Gasteiger partial charge on any atom is 0.369 e. The van der Waals surface area contributed by atoms with Gasteiger partial charge in [0.25, 0.3) is 0 Å². The Balaban J connectivity index is 0.000000122. The van der Waals surface area contributed by atoms with E-state index in [9.17, 15) is 5.11 Å². The van der Waals surface area contributed by atoms with E-state index in [2.05, 4.69) is 83.7 Å². The third-order valence-electron chi connectivity index (χ3n) is 21.6. The topological polar surface area (TPSA) is 29.5 Å². The van der Waals surface area contributed by atoms with Crippen LogP contribution in [0.25, 0.3) is 0 Å². The summed E-state index contributed by atoms with van der Waals surface area (Å²) < 4.78 is 6.12. The molecular weight excluding hydrogens is 1000 g/mol. The first kappa shape index (κ1) is 44.6. The Hall–Kier alpha value is 0.125. The number of hydrogen-bond donors (Lipinski definition) is 1. The van der Waals surface area contributed by atoms with Crippen LogP contribution in [0, 0.1) is 94.7 Å². The molecule has 12 aliphatic rings. The van der Waals surface area contributed by atoms with Gasteiger partial charge in [0.1, 0.15) is 11.5 Å². The van der Waals surface area contributed by atoms with Gasteiger partial charge in [-0.3, -0.25) is 0 Å². The van der Waals surface area contributed by atoms with Gasteiger partial charge >= 0.3 is 3.18 Å². The van der Waals surface area contributed by atoms with Crippen molar-refractivity contribution < 1.29 is 9.84 Å². The van der Waals surface area contributed by atoms with Crippen LogP contribution in [-0.2, 0) is 0 Å². The lowest BCUT2D eigenvalue weighted by Gasteiger charge is -2.34. The number of fused-ring (bicyclic) bond motifs is 20. The van der Waals surface area contributed by atoms with E-state index in [1.807, 2.05) is 7.11 Å². The molecular formula is C54H72BBr3Cl2O2. The van der Waals surface area contributed by atoms with Crippen LogP contribution < -0.4 is 4.74 Å². The molecule has 0 aliphatic heterocycles. The largest absolute Gasteiger partial charge is 0.508 e. The first-order chi connectivity index (χ1) is 30.2. The second-order valence-electron chi connectivity index (χ2n) is 23.3. The molecule has 12 saturated carbocycles. The second kappa shape index (κ2) is 18.6. The van der Waals surface area contributed by atoms with Crippen molar-refractivity contribution in [2.75, 3.05) is 12.4 Å². The fourth-order valence-electron chi connectivity index (χ4n) is 20.1. The molecule has 2 aromatic rings. The molecule has 0 heterocycles. The molecule has 62 heavy (non-hydrogen) atoms. The van der Waals surface area contributed by atoms with Gasteiger partial charge in [-0.15, -0.1) is 70.5 Å². The minimum atomic E-state index is 0.194. The number of hydrogen-bond acceptors (Lipinski definition) is 2. The highest BCUT2D eigenvalue weighted by atomic mass is 79.9. The van der Waals surface area contributed by atoms with Gasteiger partial charge in [0, 0.05) is 0 Å². The number of alkyl halides is 2. The van der Waals surface area contributed by atoms with Gasteiger partial charge in [0.15, 0.2) is 0 Å². The molecule has 0 amide bonds. The standard InChI is InChI=1S/C27H36O.C26H34O.CH2Cl2.BBr3/c1-28-19-9-15(24-11-17-13-26(24)22-6-2-4-20(17)22)8-16(10-19)25-12-18-14-27(25)23-7-3-5-21(18)23;27-18-8-14(23-10-16-12-25(23)21-5-1-3-19(16)21)7-15(9-18)24-11-17-13-26(24)22-6-2-4-20(17)22;2-1-3;2-1(3)4/h8-10,17-18,20-27H,2-7,11-14H2,1H3;7-9,16-17,19-27H,1-6,10-13H2;1H2;. The molecule has 8 bridgehead atoms. The summed E-state index contributed by atoms with van der Waals surface area (Å²) in [4.78, 5) is 0. The minimum absolute atomic E-state index is 0.194. The zero-order valence-corrected chi connectivity index (χ0v) is 43.5. The summed E-state index contributed by atoms with van der Waals surface area (Å²) in [5.74, 6) is 21.2. The van der Waals surface area contributed by atoms with Crippen LogP contribution >= 0.6 is 70.5 Å². The molecule has 0 spiro atoms. The maximum absolute atomic E-state index is 10.6. The van der Waals surface area contributed by atoms with Crippen LogP contribution in [-0.4, -0.2) is 20.7 Å². The van der Waals surface area contributed by atoms with Crippen molar-refractivity contribution in [1.29, 1.82) is 0 Å². The Labute approximate surface area is 409 Å². The van der Waals surface area contributed by atoms with Crippen molar-refractivity contribution in [3.05, 3.63) is 58.7 Å². The van der Waals surface area contributed by atoms with E-state index in [4.69, 9.17) is 27.9 Å². The number of benzene rings is 2. The number of rotatable bonds is 5. The Morgan fingerprint density at radius 1 is 0.452 bits per heavy atom. The molecule has 0 saturated heterocycles. The summed E-state index contributed by atoms with van der Waals surface area (Å²) in [6.45, 7) is 0. The molecule has 1 N–H and O–H groups in total. The van der Waals surface area contributed by atoms with Gasteiger partial charge in [0.05, 0.1) is 12.4 Å². The summed E-state index contributed by atoms with van der Waals surface area (Å²) in [7, 11) is 1.88. The van der Waals surface area contributed by atoms with Gasteiger partial charge < -0.3 is 9.84 Å². The van der Waals surface area contributed by atoms with E-state index in [1.165, 1.54) is 140 Å². The zero-order chi connectivity index (χ0) is 42.4. The van der Waals surface area contributed by atoms with E-state index in [1.54, 1.807) is 11.1 Å². The predicted molar refractivity (Wildman–Crippen MR) is 269 cm³/mol. The monoisotopic (exact) mass is 1070 g/mol. The molecule has 12 fully saturated rings. The van der Waals surface area contributed by atoms with Gasteiger partial charge in [-0.2, -0.15) is 0 Å². The van der Waals surface area contributed by atoms with Crippen molar-refractivity contribution in [1.82, 2.24) is 0 Å². The fourth-order valence-corrected chi connectivity index (χ4v) is 20.1. The summed E-state index contributed by atoms with van der Waals surface area (Å²) >= 11 is 18.8. The van der Waals surface area contributed by atoms with E-state index < -0.39 is 0 Å². The molecule has 0 radical (unpaired) electrons. The van der Waals surface area contributed by atoms with Crippen LogP contribution in [0.2, 0.25) is 0 Å². The van der Waals surface area contributed by atoms with Crippen LogP contribution in [0.4, 0.5) is 0 Å². The third-order valence-corrected chi connectivity index (χ3v) is 21.6. The Kier molecular flexibility index (Phi) is 13.4. The number of phenolic OH excluding ortho intramolecular Hbond substituents is 1. The van der Waals surface area contributed by atoms with Gasteiger partial charge in [-0.1, -0.05) is 37.8 Å².